The second-order valence-electron chi connectivity index (χ2n) is 7.70. The minimum atomic E-state index is -1.80. The van der Waals surface area contributed by atoms with Crippen LogP contribution in [0.4, 0.5) is 0 Å². The van der Waals surface area contributed by atoms with E-state index in [9.17, 15) is 0 Å². The zero-order chi connectivity index (χ0) is 18.2. The first-order valence-corrected chi connectivity index (χ1v) is 11.5. The van der Waals surface area contributed by atoms with Gasteiger partial charge in [-0.05, 0) is 41.9 Å². The van der Waals surface area contributed by atoms with Crippen molar-refractivity contribution in [2.24, 2.45) is 0 Å². The van der Waals surface area contributed by atoms with Gasteiger partial charge in [0.25, 0.3) is 0 Å². The normalized spacial score (nSPS) is 12.7. The van der Waals surface area contributed by atoms with Crippen molar-refractivity contribution in [3.63, 3.8) is 0 Å². The van der Waals surface area contributed by atoms with Gasteiger partial charge in [0.15, 0.2) is 14.0 Å². The van der Waals surface area contributed by atoms with E-state index in [1.807, 2.05) is 18.5 Å². The smallest absolute Gasteiger partial charge is 0.192 e. The van der Waals surface area contributed by atoms with Crippen molar-refractivity contribution in [2.75, 3.05) is 0 Å². The maximum Gasteiger partial charge on any atom is 0.192 e. The number of hydrogen-bond donors (Lipinski definition) is 0. The van der Waals surface area contributed by atoms with Gasteiger partial charge in [0.05, 0.1) is 18.5 Å². The highest BCUT2D eigenvalue weighted by molar-refractivity contribution is 6.74. The van der Waals surface area contributed by atoms with Crippen LogP contribution in [0.3, 0.4) is 0 Å². The van der Waals surface area contributed by atoms with E-state index < -0.39 is 8.32 Å². The number of aromatic nitrogens is 4. The lowest BCUT2D eigenvalue weighted by molar-refractivity contribution is 0.276. The third-order valence-corrected chi connectivity index (χ3v) is 9.51. The van der Waals surface area contributed by atoms with Gasteiger partial charge in [-0.1, -0.05) is 32.4 Å². The van der Waals surface area contributed by atoms with Crippen LogP contribution in [0, 0.1) is 0 Å². The minimum Gasteiger partial charge on any atom is -0.413 e. The lowest BCUT2D eigenvalue weighted by Gasteiger charge is -2.36. The first-order valence-electron chi connectivity index (χ1n) is 8.26. The van der Waals surface area contributed by atoms with Gasteiger partial charge in [-0.25, -0.2) is 9.50 Å². The van der Waals surface area contributed by atoms with Crippen LogP contribution in [0.2, 0.25) is 23.3 Å². The maximum atomic E-state index is 6.30. The zero-order valence-electron chi connectivity index (χ0n) is 15.2. The topological polar surface area (TPSA) is 52.3 Å². The highest BCUT2D eigenvalue weighted by atomic mass is 35.5. The zero-order valence-corrected chi connectivity index (χ0v) is 17.0. The molecule has 0 aliphatic rings. The van der Waals surface area contributed by atoms with Crippen LogP contribution < -0.4 is 0 Å². The first kappa shape index (κ1) is 18.0. The van der Waals surface area contributed by atoms with Crippen molar-refractivity contribution in [3.8, 4) is 11.3 Å². The Morgan fingerprint density at radius 2 is 1.92 bits per heavy atom. The lowest BCUT2D eigenvalue weighted by atomic mass is 10.2. The van der Waals surface area contributed by atoms with E-state index in [0.717, 1.165) is 22.5 Å². The molecule has 25 heavy (non-hydrogen) atoms. The average Bonchev–Trinajstić information content (AvgIpc) is 2.95. The Bertz CT molecular complexity index is 901. The molecule has 0 unspecified atom stereocenters. The summed E-state index contributed by atoms with van der Waals surface area (Å²) in [5.41, 5.74) is 3.60. The van der Waals surface area contributed by atoms with Gasteiger partial charge >= 0.3 is 0 Å². The molecule has 0 spiro atoms. The van der Waals surface area contributed by atoms with Crippen LogP contribution in [0.15, 0.2) is 36.8 Å². The summed E-state index contributed by atoms with van der Waals surface area (Å²) in [7, 11) is -1.80. The molecule has 0 saturated carbocycles. The molecule has 3 heterocycles. The number of pyridine rings is 1. The van der Waals surface area contributed by atoms with Gasteiger partial charge in [-0.2, -0.15) is 5.10 Å². The summed E-state index contributed by atoms with van der Waals surface area (Å²) in [6.07, 6.45) is 5.44. The molecule has 0 atom stereocenters. The quantitative estimate of drug-likeness (QED) is 0.605. The fraction of sp³-hybridized carbons (Fsp3) is 0.389. The molecule has 132 valence electrons. The summed E-state index contributed by atoms with van der Waals surface area (Å²) in [6, 6.07) is 5.65. The molecule has 0 radical (unpaired) electrons. The van der Waals surface area contributed by atoms with Gasteiger partial charge in [0, 0.05) is 18.0 Å². The van der Waals surface area contributed by atoms with Crippen molar-refractivity contribution in [2.45, 2.75) is 45.5 Å². The Morgan fingerprint density at radius 1 is 1.16 bits per heavy atom. The van der Waals surface area contributed by atoms with Crippen molar-refractivity contribution in [1.29, 1.82) is 0 Å². The monoisotopic (exact) mass is 374 g/mol. The number of nitrogens with zero attached hydrogens (tertiary/aromatic N) is 4. The SMILES string of the molecule is CC(C)(C)[Si](C)(C)OCc1cncc(-c2cnc3ccc(Cl)nn23)c1. The molecule has 5 nitrogen and oxygen atoms in total. The van der Waals surface area contributed by atoms with Gasteiger partial charge < -0.3 is 4.43 Å². The van der Waals surface area contributed by atoms with Gasteiger partial charge in [0.1, 0.15) is 5.15 Å². The molecule has 3 aromatic heterocycles. The molecular weight excluding hydrogens is 352 g/mol. The van der Waals surface area contributed by atoms with E-state index >= 15 is 0 Å². The van der Waals surface area contributed by atoms with Crippen molar-refractivity contribution in [3.05, 3.63) is 47.5 Å². The number of halogens is 1. The Morgan fingerprint density at radius 3 is 2.64 bits per heavy atom. The third kappa shape index (κ3) is 3.76. The van der Waals surface area contributed by atoms with Crippen LogP contribution in [-0.4, -0.2) is 27.9 Å². The van der Waals surface area contributed by atoms with Crippen LogP contribution in [0.25, 0.3) is 16.9 Å². The predicted molar refractivity (Wildman–Crippen MR) is 103 cm³/mol. The van der Waals surface area contributed by atoms with Gasteiger partial charge in [0.2, 0.25) is 0 Å². The summed E-state index contributed by atoms with van der Waals surface area (Å²) in [4.78, 5) is 8.74. The van der Waals surface area contributed by atoms with E-state index in [1.165, 1.54) is 0 Å². The van der Waals surface area contributed by atoms with E-state index in [-0.39, 0.29) is 5.04 Å². The molecule has 0 saturated heterocycles. The largest absolute Gasteiger partial charge is 0.413 e. The van der Waals surface area contributed by atoms with Crippen molar-refractivity contribution in [1.82, 2.24) is 19.6 Å². The second-order valence-corrected chi connectivity index (χ2v) is 12.9. The summed E-state index contributed by atoms with van der Waals surface area (Å²) < 4.78 is 8.03. The third-order valence-electron chi connectivity index (χ3n) is 4.83. The molecule has 0 fully saturated rings. The Labute approximate surface area is 154 Å². The highest BCUT2D eigenvalue weighted by Crippen LogP contribution is 2.37. The Balaban J connectivity index is 1.88. The van der Waals surface area contributed by atoms with E-state index in [0.29, 0.717) is 11.8 Å². The molecule has 0 amide bonds. The molecule has 0 N–H and O–H groups in total. The average molecular weight is 375 g/mol. The molecule has 0 aliphatic heterocycles. The molecule has 3 aromatic rings. The van der Waals surface area contributed by atoms with E-state index in [1.54, 1.807) is 16.8 Å². The fourth-order valence-electron chi connectivity index (χ4n) is 2.23. The number of rotatable bonds is 4. The van der Waals surface area contributed by atoms with Crippen molar-refractivity contribution >= 4 is 25.6 Å². The van der Waals surface area contributed by atoms with Crippen molar-refractivity contribution < 1.29 is 4.43 Å². The molecular formula is C18H23ClN4OSi. The highest BCUT2D eigenvalue weighted by Gasteiger charge is 2.37. The first-order chi connectivity index (χ1) is 11.7. The molecule has 0 bridgehead atoms. The minimum absolute atomic E-state index is 0.181. The predicted octanol–water partition coefficient (Wildman–Crippen LogP) is 4.97. The Hall–Kier alpha value is -1.76. The maximum absolute atomic E-state index is 6.30. The fourth-order valence-corrected chi connectivity index (χ4v) is 3.33. The molecule has 3 rings (SSSR count). The summed E-state index contributed by atoms with van der Waals surface area (Å²) in [5, 5.41) is 4.94. The van der Waals surface area contributed by atoms with Crippen LogP contribution in [-0.2, 0) is 11.0 Å². The van der Waals surface area contributed by atoms with Crippen LogP contribution in [0.5, 0.6) is 0 Å². The van der Waals surface area contributed by atoms with Crippen LogP contribution >= 0.6 is 11.6 Å². The summed E-state index contributed by atoms with van der Waals surface area (Å²) >= 11 is 6.02. The van der Waals surface area contributed by atoms with Gasteiger partial charge in [-0.3, -0.25) is 4.98 Å². The van der Waals surface area contributed by atoms with Crippen LogP contribution in [0.1, 0.15) is 26.3 Å². The summed E-state index contributed by atoms with van der Waals surface area (Å²) in [6.45, 7) is 11.8. The second kappa shape index (κ2) is 6.51. The van der Waals surface area contributed by atoms with Gasteiger partial charge in [-0.15, -0.1) is 0 Å². The van der Waals surface area contributed by atoms with E-state index in [2.05, 4.69) is 55.0 Å². The molecule has 0 aromatic carbocycles. The molecule has 0 aliphatic carbocycles. The standard InChI is InChI=1S/C18H23ClN4OSi/c1-18(2,3)25(4,5)24-12-13-8-14(10-20-9-13)15-11-21-17-7-6-16(19)22-23(15)17/h6-11H,12H2,1-5H3. The molecule has 7 heteroatoms. The number of imidazole rings is 1. The number of fused-ring (bicyclic) bond motifs is 1. The Kier molecular flexibility index (Phi) is 4.70. The summed E-state index contributed by atoms with van der Waals surface area (Å²) in [5.74, 6) is 0. The van der Waals surface area contributed by atoms with E-state index in [4.69, 9.17) is 16.0 Å². The number of hydrogen-bond acceptors (Lipinski definition) is 4. The lowest BCUT2D eigenvalue weighted by Crippen LogP contribution is -2.40.